The molecule has 4 aromatic heterocycles. The van der Waals surface area contributed by atoms with Gasteiger partial charge in [0.25, 0.3) is 0 Å². The van der Waals surface area contributed by atoms with Crippen molar-refractivity contribution in [1.29, 1.82) is 0 Å². The standard InChI is InChI=1S/C31H17N3O5/c35-30(36)20-10-12-33-25(15-20)27-17-21(31(37)38)16-26(34-27)24-14-19(9-11-32-24)6-5-18-7-8-29-23(13-18)22-3-1-2-4-28(22)39-29/h1-4,7-17H,(H,35,36)(H,37,38). The van der Waals surface area contributed by atoms with Crippen molar-refractivity contribution in [1.82, 2.24) is 15.0 Å². The van der Waals surface area contributed by atoms with Gasteiger partial charge in [0.15, 0.2) is 0 Å². The zero-order valence-electron chi connectivity index (χ0n) is 20.1. The van der Waals surface area contributed by atoms with Gasteiger partial charge in [0, 0.05) is 34.3 Å². The summed E-state index contributed by atoms with van der Waals surface area (Å²) in [6.45, 7) is 0. The molecule has 0 radical (unpaired) electrons. The minimum absolute atomic E-state index is 0.0149. The number of furan rings is 1. The molecule has 0 saturated carbocycles. The molecule has 0 saturated heterocycles. The van der Waals surface area contributed by atoms with Crippen LogP contribution in [0.3, 0.4) is 0 Å². The van der Waals surface area contributed by atoms with Gasteiger partial charge in [-0.25, -0.2) is 14.6 Å². The summed E-state index contributed by atoms with van der Waals surface area (Å²) in [4.78, 5) is 36.3. The first-order valence-electron chi connectivity index (χ1n) is 11.8. The van der Waals surface area contributed by atoms with Crippen molar-refractivity contribution in [2.75, 3.05) is 0 Å². The third kappa shape index (κ3) is 4.68. The molecule has 0 aliphatic carbocycles. The molecule has 4 heterocycles. The largest absolute Gasteiger partial charge is 0.478 e. The number of carbonyl (C=O) groups is 2. The Morgan fingerprint density at radius 1 is 0.615 bits per heavy atom. The molecule has 39 heavy (non-hydrogen) atoms. The van der Waals surface area contributed by atoms with Crippen LogP contribution in [0.15, 0.2) is 95.7 Å². The molecule has 0 atom stereocenters. The van der Waals surface area contributed by atoms with Crippen molar-refractivity contribution in [2.45, 2.75) is 0 Å². The molecule has 6 rings (SSSR count). The smallest absolute Gasteiger partial charge is 0.335 e. The van der Waals surface area contributed by atoms with Crippen LogP contribution in [0, 0.1) is 11.8 Å². The number of nitrogens with zero attached hydrogens (tertiary/aromatic N) is 3. The fourth-order valence-corrected chi connectivity index (χ4v) is 4.22. The van der Waals surface area contributed by atoms with Crippen LogP contribution in [-0.4, -0.2) is 37.1 Å². The predicted octanol–water partition coefficient (Wildman–Crippen LogP) is 5.90. The number of benzene rings is 2. The van der Waals surface area contributed by atoms with Crippen LogP contribution in [0.4, 0.5) is 0 Å². The maximum absolute atomic E-state index is 11.8. The molecule has 186 valence electrons. The van der Waals surface area contributed by atoms with Gasteiger partial charge < -0.3 is 14.6 Å². The van der Waals surface area contributed by atoms with Gasteiger partial charge in [-0.2, -0.15) is 0 Å². The molecule has 0 amide bonds. The number of hydrogen-bond donors (Lipinski definition) is 2. The van der Waals surface area contributed by atoms with Crippen molar-refractivity contribution in [2.24, 2.45) is 0 Å². The van der Waals surface area contributed by atoms with Gasteiger partial charge in [-0.15, -0.1) is 0 Å². The minimum Gasteiger partial charge on any atom is -0.478 e. The Balaban J connectivity index is 1.38. The lowest BCUT2D eigenvalue weighted by Gasteiger charge is -2.07. The van der Waals surface area contributed by atoms with E-state index in [2.05, 4.69) is 26.8 Å². The highest BCUT2D eigenvalue weighted by Gasteiger charge is 2.15. The third-order valence-electron chi connectivity index (χ3n) is 6.09. The Hall–Kier alpha value is -5.81. The van der Waals surface area contributed by atoms with Crippen molar-refractivity contribution in [3.63, 3.8) is 0 Å². The molecule has 2 aromatic carbocycles. The van der Waals surface area contributed by atoms with E-state index in [1.807, 2.05) is 42.5 Å². The summed E-state index contributed by atoms with van der Waals surface area (Å²) in [6, 6.07) is 22.5. The first-order chi connectivity index (χ1) is 18.9. The van der Waals surface area contributed by atoms with E-state index in [1.165, 1.54) is 30.5 Å². The Kier molecular flexibility index (Phi) is 5.79. The van der Waals surface area contributed by atoms with E-state index in [0.29, 0.717) is 17.0 Å². The first-order valence-corrected chi connectivity index (χ1v) is 11.8. The fourth-order valence-electron chi connectivity index (χ4n) is 4.22. The third-order valence-corrected chi connectivity index (χ3v) is 6.09. The van der Waals surface area contributed by atoms with Crippen molar-refractivity contribution in [3.8, 4) is 34.6 Å². The first kappa shape index (κ1) is 23.6. The second-order valence-electron chi connectivity index (χ2n) is 8.66. The van der Waals surface area contributed by atoms with Gasteiger partial charge in [0.2, 0.25) is 0 Å². The lowest BCUT2D eigenvalue weighted by molar-refractivity contribution is 0.0686. The van der Waals surface area contributed by atoms with E-state index in [9.17, 15) is 19.8 Å². The number of fused-ring (bicyclic) bond motifs is 3. The highest BCUT2D eigenvalue weighted by atomic mass is 16.4. The number of carboxylic acid groups (broad SMARTS) is 2. The van der Waals surface area contributed by atoms with Crippen LogP contribution in [0.2, 0.25) is 0 Å². The number of para-hydroxylation sites is 1. The summed E-state index contributed by atoms with van der Waals surface area (Å²) in [5.41, 5.74) is 4.21. The molecule has 0 bridgehead atoms. The molecular weight excluding hydrogens is 494 g/mol. The van der Waals surface area contributed by atoms with E-state index in [1.54, 1.807) is 18.3 Å². The van der Waals surface area contributed by atoms with Gasteiger partial charge >= 0.3 is 11.9 Å². The molecule has 0 unspecified atom stereocenters. The Labute approximate surface area is 221 Å². The van der Waals surface area contributed by atoms with Crippen LogP contribution in [0.5, 0.6) is 0 Å². The Morgan fingerprint density at radius 2 is 1.23 bits per heavy atom. The number of hydrogen-bond acceptors (Lipinski definition) is 6. The summed E-state index contributed by atoms with van der Waals surface area (Å²) < 4.78 is 5.88. The highest BCUT2D eigenvalue weighted by molar-refractivity contribution is 6.05. The number of pyridine rings is 3. The molecule has 0 spiro atoms. The van der Waals surface area contributed by atoms with E-state index >= 15 is 0 Å². The molecule has 2 N–H and O–H groups in total. The van der Waals surface area contributed by atoms with Crippen LogP contribution < -0.4 is 0 Å². The highest BCUT2D eigenvalue weighted by Crippen LogP contribution is 2.29. The maximum atomic E-state index is 11.8. The van der Waals surface area contributed by atoms with Gasteiger partial charge in [-0.05, 0) is 60.7 Å². The number of carboxylic acids is 2. The normalized spacial score (nSPS) is 10.8. The van der Waals surface area contributed by atoms with Crippen LogP contribution >= 0.6 is 0 Å². The fraction of sp³-hybridized carbons (Fsp3) is 0. The van der Waals surface area contributed by atoms with Gasteiger partial charge in [0.05, 0.1) is 33.9 Å². The lowest BCUT2D eigenvalue weighted by Crippen LogP contribution is -2.02. The average molecular weight is 511 g/mol. The number of aromatic carboxylic acids is 2. The molecule has 8 nitrogen and oxygen atoms in total. The van der Waals surface area contributed by atoms with Crippen molar-refractivity contribution in [3.05, 3.63) is 114 Å². The zero-order valence-corrected chi connectivity index (χ0v) is 20.1. The van der Waals surface area contributed by atoms with E-state index < -0.39 is 11.9 Å². The van der Waals surface area contributed by atoms with E-state index in [4.69, 9.17) is 4.42 Å². The number of aromatic nitrogens is 3. The Morgan fingerprint density at radius 3 is 1.97 bits per heavy atom. The summed E-state index contributed by atoms with van der Waals surface area (Å²) in [6.07, 6.45) is 2.91. The SMILES string of the molecule is O=C(O)c1ccnc(-c2cc(C(=O)O)cc(-c3cc(C#Cc4ccc5oc6ccccc6c5c4)ccn3)n2)c1. The zero-order chi connectivity index (χ0) is 26.9. The second-order valence-corrected chi connectivity index (χ2v) is 8.66. The van der Waals surface area contributed by atoms with Gasteiger partial charge in [-0.1, -0.05) is 30.0 Å². The molecule has 8 heteroatoms. The predicted molar refractivity (Wildman–Crippen MR) is 144 cm³/mol. The van der Waals surface area contributed by atoms with Crippen molar-refractivity contribution >= 4 is 33.9 Å². The maximum Gasteiger partial charge on any atom is 0.335 e. The molecule has 0 aliphatic heterocycles. The number of rotatable bonds is 4. The van der Waals surface area contributed by atoms with Crippen molar-refractivity contribution < 1.29 is 24.2 Å². The summed E-state index contributed by atoms with van der Waals surface area (Å²) in [5, 5.41) is 21.0. The van der Waals surface area contributed by atoms with Gasteiger partial charge in [0.1, 0.15) is 11.2 Å². The Bertz CT molecular complexity index is 2000. The summed E-state index contributed by atoms with van der Waals surface area (Å²) in [7, 11) is 0. The molecule has 6 aromatic rings. The van der Waals surface area contributed by atoms with Crippen LogP contribution in [0.25, 0.3) is 44.7 Å². The van der Waals surface area contributed by atoms with Gasteiger partial charge in [-0.3, -0.25) is 9.97 Å². The van der Waals surface area contributed by atoms with Crippen LogP contribution in [-0.2, 0) is 0 Å². The monoisotopic (exact) mass is 511 g/mol. The van der Waals surface area contributed by atoms with E-state index in [0.717, 1.165) is 27.5 Å². The average Bonchev–Trinajstić information content (AvgIpc) is 3.34. The topological polar surface area (TPSA) is 126 Å². The molecule has 0 fully saturated rings. The molecular formula is C31H17N3O5. The molecule has 0 aliphatic rings. The minimum atomic E-state index is -1.16. The van der Waals surface area contributed by atoms with Crippen LogP contribution in [0.1, 0.15) is 31.8 Å². The van der Waals surface area contributed by atoms with E-state index in [-0.39, 0.29) is 22.5 Å². The summed E-state index contributed by atoms with van der Waals surface area (Å²) in [5.74, 6) is 4.02. The second kappa shape index (κ2) is 9.57. The lowest BCUT2D eigenvalue weighted by atomic mass is 10.1. The quantitative estimate of drug-likeness (QED) is 0.280. The summed E-state index contributed by atoms with van der Waals surface area (Å²) >= 11 is 0.